The molecule has 0 unspecified atom stereocenters. The Balaban J connectivity index is 0.0000000872. The molecule has 33 nitrogen and oxygen atoms in total. The summed E-state index contributed by atoms with van der Waals surface area (Å²) in [6.07, 6.45) is 43.5. The highest BCUT2D eigenvalue weighted by Gasteiger charge is 2.70. The lowest BCUT2D eigenvalue weighted by Gasteiger charge is -2.31. The van der Waals surface area contributed by atoms with Crippen LogP contribution in [0.4, 0.5) is 51.0 Å². The summed E-state index contributed by atoms with van der Waals surface area (Å²) in [5.41, 5.74) is 17.2. The molecule has 8 saturated carbocycles. The van der Waals surface area contributed by atoms with E-state index in [-0.39, 0.29) is 73.4 Å². The van der Waals surface area contributed by atoms with Gasteiger partial charge in [0.2, 0.25) is 17.6 Å². The van der Waals surface area contributed by atoms with Gasteiger partial charge >= 0.3 is 0 Å². The van der Waals surface area contributed by atoms with Gasteiger partial charge in [0.05, 0.1) is 129 Å². The smallest absolute Gasteiger partial charge is 0.219 e. The van der Waals surface area contributed by atoms with Gasteiger partial charge in [-0.1, -0.05) is 32.9 Å². The lowest BCUT2D eigenvalue weighted by molar-refractivity contribution is 0.214. The first-order valence-corrected chi connectivity index (χ1v) is 51.9. The predicted octanol–water partition coefficient (Wildman–Crippen LogP) is 15.2. The van der Waals surface area contributed by atoms with Crippen LogP contribution in [0, 0.1) is 58.7 Å². The van der Waals surface area contributed by atoms with Crippen LogP contribution in [0.3, 0.4) is 0 Å². The quantitative estimate of drug-likeness (QED) is 0.0881. The van der Waals surface area contributed by atoms with E-state index >= 15 is 0 Å². The van der Waals surface area contributed by atoms with Gasteiger partial charge in [-0.2, -0.15) is 20.4 Å². The SMILES string of the molecule is C=C1NC(C)(C)COc2ncc(F)cc2[C@@]23C[C@@H]2CCN3c2ccn3ncc1c3n2.C=C1NC2(CC2)COc2ncc(F)cc2[C@@]23C[C@@H]2CCN3c2ccn3ncc1c3n2.C=C1NC2(CCc3ncc(F)cc3[C@@]34C[C@@H]3CCN4c3ccc4ncc1n4n3)CC2.C=C1NC2(CCc3ncc(F)cc3[C@@]34C[C@@H]3CCN4c3ccn4ncc1c4n3)CC2.C=C1NCCOc2ncc(F)cc2[C@@]23C[C@@H]2CCN3c2ccn3ncc1c3n2. The standard InChI is InChI=1S/2C23H23FN6.C22H21FN6O.C22H23FN6O.C20H19FN6O/c1-14-17-13-26-30-9-4-20(27-21(17)30)29-8-3-15-11-23(15,29)18-10-16(24)12-25-19(18)2-5-22(28-14)6-7-22;1-14-19-13-26-20-2-3-21(28-30(19)20)29-9-5-15-11-23(15,29)17-10-16(24)12-25-18(17)4-6-22(27-14)7-8-22;1-13-16-11-25-29-7-3-18(26-19(16)29)28-6-2-14-9-22(14,28)17-8-15(23)10-24-20(17)30-12-21(27-13)4-5-21;1-13-16-11-25-29-7-5-18(26-19(16)29)28-6-4-14-9-22(14,28)17-8-15(23)10-24-20(17)30-12-21(2,3)27-13;1-12-15-11-24-27-6-3-17(25-18(15)27)26-5-2-13-9-20(13,26)16-8-14(21)10-23-19(16)28-7-4-22-12/h4,9-10,12-13,15,28H,1-3,5-8,11H2;2-3,10,12-13,15,27H,1,4-9,11H2;3,7-8,10-11,14,27H,1-2,4-6,9,12H2;5,7-8,10-11,14,27H,1,4,6,9,12H2,2-3H3;3,6,8,10-11,13,22H,1-2,4-5,7,9H2/t2*15-,23+;2*14-,22+;13-,20+/m00000/s1. The second-order valence-corrected chi connectivity index (χ2v) is 44.7. The molecule has 0 radical (unpaired) electrons. The average molecular weight is 1990 g/mol. The number of piperidine rings is 5. The molecule has 18 aliphatic rings. The Kier molecular flexibility index (Phi) is 19.1. The summed E-state index contributed by atoms with van der Waals surface area (Å²) in [4.78, 5) is 58.2. The number of pyridine rings is 5. The molecule has 33 rings (SSSR count). The zero-order valence-corrected chi connectivity index (χ0v) is 82.2. The molecule has 10 bridgehead atoms. The number of nitrogens with one attached hydrogen (secondary N) is 5. The second kappa shape index (κ2) is 31.8. The van der Waals surface area contributed by atoms with Crippen molar-refractivity contribution in [1.29, 1.82) is 0 Å². The first-order valence-electron chi connectivity index (χ1n) is 51.9. The predicted molar refractivity (Wildman–Crippen MR) is 543 cm³/mol. The van der Waals surface area contributed by atoms with Crippen LogP contribution in [0.5, 0.6) is 17.6 Å². The Labute approximate surface area is 847 Å². The Hall–Kier alpha value is -15.4. The van der Waals surface area contributed by atoms with E-state index in [4.69, 9.17) is 39.2 Å². The van der Waals surface area contributed by atoms with Gasteiger partial charge in [0.15, 0.2) is 28.2 Å². The molecule has 10 aliphatic heterocycles. The van der Waals surface area contributed by atoms with E-state index in [9.17, 15) is 22.0 Å². The van der Waals surface area contributed by atoms with Crippen LogP contribution in [0.2, 0.25) is 0 Å². The van der Waals surface area contributed by atoms with E-state index < -0.39 is 5.54 Å². The third-order valence-electron chi connectivity index (χ3n) is 35.4. The molecule has 0 aromatic carbocycles. The topological polar surface area (TPSA) is 319 Å². The minimum atomic E-state index is -0.430. The van der Waals surface area contributed by atoms with Crippen LogP contribution in [0.15, 0.2) is 186 Å². The van der Waals surface area contributed by atoms with Crippen LogP contribution >= 0.6 is 0 Å². The number of hydrogen-bond donors (Lipinski definition) is 5. The number of rotatable bonds is 0. The number of fused-ring (bicyclic) bond motifs is 15. The summed E-state index contributed by atoms with van der Waals surface area (Å²) >= 11 is 0. The molecule has 8 aliphatic carbocycles. The molecule has 0 amide bonds. The van der Waals surface area contributed by atoms with Crippen molar-refractivity contribution in [3.8, 4) is 17.6 Å². The summed E-state index contributed by atoms with van der Waals surface area (Å²) in [7, 11) is 0. The van der Waals surface area contributed by atoms with Gasteiger partial charge in [-0.15, -0.1) is 5.10 Å². The fourth-order valence-corrected chi connectivity index (χ4v) is 27.0. The van der Waals surface area contributed by atoms with Gasteiger partial charge in [-0.3, -0.25) is 9.97 Å². The van der Waals surface area contributed by atoms with Crippen LogP contribution in [0.1, 0.15) is 197 Å². The van der Waals surface area contributed by atoms with Crippen molar-refractivity contribution in [1.82, 2.24) is 124 Å². The summed E-state index contributed by atoms with van der Waals surface area (Å²) in [6.45, 7) is 31.5. The van der Waals surface area contributed by atoms with Crippen molar-refractivity contribution in [2.24, 2.45) is 29.6 Å². The zero-order chi connectivity index (χ0) is 99.8. The monoisotopic (exact) mass is 1990 g/mol. The number of anilines is 5. The molecule has 5 saturated heterocycles. The number of nitrogens with zero attached hydrogens (tertiary/aromatic N) is 25. The number of aromatic nitrogens is 20. The van der Waals surface area contributed by atoms with Gasteiger partial charge in [-0.05, 0) is 239 Å². The van der Waals surface area contributed by atoms with Crippen molar-refractivity contribution in [2.45, 2.75) is 192 Å². The highest BCUT2D eigenvalue weighted by molar-refractivity contribution is 5.80. The zero-order valence-electron chi connectivity index (χ0n) is 82.2. The van der Waals surface area contributed by atoms with E-state index in [0.717, 1.165) is 314 Å². The maximum atomic E-state index is 14.4. The number of hydrogen-bond acceptors (Lipinski definition) is 28. The fourth-order valence-electron chi connectivity index (χ4n) is 27.0. The number of imidazole rings is 1. The first-order chi connectivity index (χ1) is 71.8. The Morgan fingerprint density at radius 2 is 0.689 bits per heavy atom. The van der Waals surface area contributed by atoms with Crippen LogP contribution in [0.25, 0.3) is 56.7 Å². The summed E-state index contributed by atoms with van der Waals surface area (Å²) in [6, 6.07) is 20.2. The van der Waals surface area contributed by atoms with E-state index in [1.165, 1.54) is 31.0 Å². The van der Waals surface area contributed by atoms with Gasteiger partial charge in [0.25, 0.3) is 0 Å². The Bertz CT molecular complexity index is 7460. The van der Waals surface area contributed by atoms with Crippen molar-refractivity contribution in [3.63, 3.8) is 0 Å². The molecular formula is C110H109F5N30O3. The molecule has 8 spiro atoms. The van der Waals surface area contributed by atoms with Gasteiger partial charge in [0, 0.05) is 137 Å². The number of aryl methyl sites for hydroxylation is 2. The average Bonchev–Trinajstić information content (AvgIpc) is 1.53. The first kappa shape index (κ1) is 89.0. The number of ether oxygens (including phenoxy) is 3. The highest BCUT2D eigenvalue weighted by Crippen LogP contribution is 2.70. The molecule has 15 aromatic heterocycles. The molecule has 13 fully saturated rings. The lowest BCUT2D eigenvalue weighted by Crippen LogP contribution is -2.43. The molecule has 25 heterocycles. The molecule has 148 heavy (non-hydrogen) atoms. The molecule has 15 aromatic rings. The molecule has 38 heteroatoms. The van der Waals surface area contributed by atoms with E-state index in [0.29, 0.717) is 73.6 Å². The number of halogens is 5. The minimum absolute atomic E-state index is 0.0379. The molecule has 5 N–H and O–H groups in total. The van der Waals surface area contributed by atoms with Crippen molar-refractivity contribution in [2.75, 3.05) is 83.6 Å². The van der Waals surface area contributed by atoms with Crippen LogP contribution in [-0.2, 0) is 40.5 Å². The maximum absolute atomic E-state index is 14.4. The van der Waals surface area contributed by atoms with Gasteiger partial charge in [-0.25, -0.2) is 84.4 Å². The van der Waals surface area contributed by atoms with Crippen molar-refractivity contribution < 1.29 is 36.2 Å². The summed E-state index contributed by atoms with van der Waals surface area (Å²) < 4.78 is 98.9. The minimum Gasteiger partial charge on any atom is -0.476 e. The third-order valence-corrected chi connectivity index (χ3v) is 35.4. The van der Waals surface area contributed by atoms with E-state index in [1.807, 2.05) is 103 Å². The van der Waals surface area contributed by atoms with Crippen molar-refractivity contribution in [3.05, 3.63) is 283 Å². The van der Waals surface area contributed by atoms with Crippen molar-refractivity contribution >= 4 is 85.8 Å². The normalized spacial score (nSPS) is 27.4. The Morgan fingerprint density at radius 1 is 0.345 bits per heavy atom. The second-order valence-electron chi connectivity index (χ2n) is 44.7. The van der Waals surface area contributed by atoms with Crippen LogP contribution in [-0.4, -0.2) is 179 Å². The Morgan fingerprint density at radius 3 is 1.09 bits per heavy atom. The maximum Gasteiger partial charge on any atom is 0.219 e. The highest BCUT2D eigenvalue weighted by atomic mass is 19.1. The van der Waals surface area contributed by atoms with E-state index in [2.05, 4.69) is 134 Å². The van der Waals surface area contributed by atoms with Gasteiger partial charge < -0.3 is 65.3 Å². The third kappa shape index (κ3) is 14.0. The largest absolute Gasteiger partial charge is 0.476 e. The van der Waals surface area contributed by atoms with E-state index in [1.54, 1.807) is 56.3 Å². The lowest BCUT2D eigenvalue weighted by atomic mass is 9.96. The molecule has 752 valence electrons. The molecule has 10 atom stereocenters. The van der Waals surface area contributed by atoms with Crippen LogP contribution < -0.4 is 65.3 Å². The molecular weight excluding hydrogens is 1880 g/mol. The van der Waals surface area contributed by atoms with Gasteiger partial charge in [0.1, 0.15) is 83.7 Å². The summed E-state index contributed by atoms with van der Waals surface area (Å²) in [5, 5.41) is 40.3. The summed E-state index contributed by atoms with van der Waals surface area (Å²) in [5.74, 6) is 6.85. The fraction of sp³-hybridized carbons (Fsp3) is 0.409.